The molecule has 31 heavy (non-hydrogen) atoms. The summed E-state index contributed by atoms with van der Waals surface area (Å²) in [7, 11) is 2.09. The number of carbonyl (C=O) groups excluding carboxylic acids is 1. The van der Waals surface area contributed by atoms with Crippen molar-refractivity contribution >= 4 is 23.2 Å². The highest BCUT2D eigenvalue weighted by molar-refractivity contribution is 5.78. The summed E-state index contributed by atoms with van der Waals surface area (Å²) in [5, 5.41) is 12.0. The molecule has 7 nitrogen and oxygen atoms in total. The molecule has 3 heterocycles. The summed E-state index contributed by atoms with van der Waals surface area (Å²) in [4.78, 5) is 19.3. The minimum atomic E-state index is 0.0972. The van der Waals surface area contributed by atoms with Crippen LogP contribution in [0.2, 0.25) is 0 Å². The van der Waals surface area contributed by atoms with Crippen LogP contribution in [0.15, 0.2) is 42.5 Å². The second-order valence-electron chi connectivity index (χ2n) is 8.61. The van der Waals surface area contributed by atoms with Gasteiger partial charge in [-0.15, -0.1) is 10.2 Å². The molecule has 166 valence electrons. The van der Waals surface area contributed by atoms with Gasteiger partial charge in [0.15, 0.2) is 11.6 Å². The zero-order valence-electron chi connectivity index (χ0n) is 18.5. The summed E-state index contributed by atoms with van der Waals surface area (Å²) in [6, 6.07) is 14.5. The molecule has 0 unspecified atom stereocenters. The highest BCUT2D eigenvalue weighted by atomic mass is 16.1. The predicted octanol–water partition coefficient (Wildman–Crippen LogP) is 2.94. The Hall–Kier alpha value is -2.83. The van der Waals surface area contributed by atoms with Crippen molar-refractivity contribution < 1.29 is 4.79 Å². The number of piperidine rings is 1. The lowest BCUT2D eigenvalue weighted by molar-refractivity contribution is -0.125. The molecule has 1 aromatic heterocycles. The zero-order chi connectivity index (χ0) is 21.5. The monoisotopic (exact) mass is 422 g/mol. The van der Waals surface area contributed by atoms with E-state index in [0.717, 1.165) is 70.2 Å². The van der Waals surface area contributed by atoms with E-state index in [4.69, 9.17) is 0 Å². The molecule has 0 atom stereocenters. The lowest BCUT2D eigenvalue weighted by atomic mass is 9.96. The van der Waals surface area contributed by atoms with Crippen molar-refractivity contribution in [3.63, 3.8) is 0 Å². The number of para-hydroxylation sites is 1. The summed E-state index contributed by atoms with van der Waals surface area (Å²) < 4.78 is 0. The molecule has 1 amide bonds. The maximum Gasteiger partial charge on any atom is 0.223 e. The lowest BCUT2D eigenvalue weighted by Crippen LogP contribution is -2.41. The summed E-state index contributed by atoms with van der Waals surface area (Å²) in [6.45, 7) is 5.52. The number of nitrogens with zero attached hydrogens (tertiary/aromatic N) is 5. The Morgan fingerprint density at radius 1 is 0.968 bits per heavy atom. The van der Waals surface area contributed by atoms with Crippen LogP contribution in [-0.2, 0) is 4.79 Å². The molecule has 2 aliphatic heterocycles. The summed E-state index contributed by atoms with van der Waals surface area (Å²) >= 11 is 0. The molecule has 0 bridgehead atoms. The van der Waals surface area contributed by atoms with Crippen molar-refractivity contribution in [2.45, 2.75) is 32.1 Å². The van der Waals surface area contributed by atoms with Crippen LogP contribution in [0.5, 0.6) is 0 Å². The topological polar surface area (TPSA) is 64.6 Å². The van der Waals surface area contributed by atoms with Gasteiger partial charge in [-0.3, -0.25) is 4.79 Å². The SMILES string of the molecule is CN(CCCNC(=O)C1CCN(c2ccc(N3CCCC3)nn2)CC1)c1ccccc1. The van der Waals surface area contributed by atoms with Crippen LogP contribution in [0.25, 0.3) is 0 Å². The quantitative estimate of drug-likeness (QED) is 0.660. The van der Waals surface area contributed by atoms with Crippen LogP contribution < -0.4 is 20.0 Å². The first-order valence-corrected chi connectivity index (χ1v) is 11.6. The number of benzene rings is 1. The van der Waals surface area contributed by atoms with E-state index in [2.05, 4.69) is 61.5 Å². The van der Waals surface area contributed by atoms with E-state index in [1.165, 1.54) is 18.5 Å². The van der Waals surface area contributed by atoms with E-state index < -0.39 is 0 Å². The van der Waals surface area contributed by atoms with Crippen LogP contribution in [0.1, 0.15) is 32.1 Å². The minimum absolute atomic E-state index is 0.0972. The lowest BCUT2D eigenvalue weighted by Gasteiger charge is -2.32. The van der Waals surface area contributed by atoms with Crippen molar-refractivity contribution in [1.82, 2.24) is 15.5 Å². The van der Waals surface area contributed by atoms with Gasteiger partial charge in [-0.25, -0.2) is 0 Å². The molecule has 4 rings (SSSR count). The van der Waals surface area contributed by atoms with Gasteiger partial charge in [0.25, 0.3) is 0 Å². The second kappa shape index (κ2) is 10.5. The van der Waals surface area contributed by atoms with Crippen LogP contribution in [-0.4, -0.2) is 62.4 Å². The van der Waals surface area contributed by atoms with Gasteiger partial charge in [-0.1, -0.05) is 18.2 Å². The third kappa shape index (κ3) is 5.66. The second-order valence-corrected chi connectivity index (χ2v) is 8.61. The van der Waals surface area contributed by atoms with Gasteiger partial charge in [0, 0.05) is 57.9 Å². The molecule has 0 saturated carbocycles. The normalized spacial score (nSPS) is 17.1. The summed E-state index contributed by atoms with van der Waals surface area (Å²) in [5.74, 6) is 2.19. The van der Waals surface area contributed by atoms with Crippen LogP contribution in [0.4, 0.5) is 17.3 Å². The highest BCUT2D eigenvalue weighted by Gasteiger charge is 2.25. The van der Waals surface area contributed by atoms with E-state index in [1.54, 1.807) is 0 Å². The zero-order valence-corrected chi connectivity index (χ0v) is 18.5. The fourth-order valence-electron chi connectivity index (χ4n) is 4.46. The number of rotatable bonds is 8. The fraction of sp³-hybridized carbons (Fsp3) is 0.542. The molecule has 2 aliphatic rings. The Bertz CT molecular complexity index is 814. The number of hydrogen-bond donors (Lipinski definition) is 1. The molecule has 2 saturated heterocycles. The smallest absolute Gasteiger partial charge is 0.223 e. The number of nitrogens with one attached hydrogen (secondary N) is 1. The van der Waals surface area contributed by atoms with Gasteiger partial charge in [0.05, 0.1) is 0 Å². The molecular formula is C24H34N6O. The number of hydrogen-bond acceptors (Lipinski definition) is 6. The Morgan fingerprint density at radius 2 is 1.58 bits per heavy atom. The van der Waals surface area contributed by atoms with Crippen molar-refractivity contribution in [2.75, 3.05) is 61.0 Å². The Labute approximate surface area is 185 Å². The van der Waals surface area contributed by atoms with Gasteiger partial charge >= 0.3 is 0 Å². The molecule has 0 spiro atoms. The van der Waals surface area contributed by atoms with Crippen LogP contribution >= 0.6 is 0 Å². The van der Waals surface area contributed by atoms with Crippen molar-refractivity contribution in [1.29, 1.82) is 0 Å². The average Bonchev–Trinajstić information content (AvgIpc) is 3.37. The first-order chi connectivity index (χ1) is 15.2. The van der Waals surface area contributed by atoms with E-state index in [0.29, 0.717) is 0 Å². The van der Waals surface area contributed by atoms with Crippen molar-refractivity contribution in [3.8, 4) is 0 Å². The third-order valence-corrected chi connectivity index (χ3v) is 6.42. The van der Waals surface area contributed by atoms with E-state index in [9.17, 15) is 4.79 Å². The van der Waals surface area contributed by atoms with E-state index in [-0.39, 0.29) is 11.8 Å². The fourth-order valence-corrected chi connectivity index (χ4v) is 4.46. The van der Waals surface area contributed by atoms with Gasteiger partial charge in [0.1, 0.15) is 0 Å². The van der Waals surface area contributed by atoms with E-state index in [1.807, 2.05) is 18.2 Å². The first kappa shape index (κ1) is 21.4. The van der Waals surface area contributed by atoms with Crippen molar-refractivity contribution in [3.05, 3.63) is 42.5 Å². The molecule has 0 radical (unpaired) electrons. The highest BCUT2D eigenvalue weighted by Crippen LogP contribution is 2.24. The Kier molecular flexibility index (Phi) is 7.22. The average molecular weight is 423 g/mol. The van der Waals surface area contributed by atoms with Gasteiger partial charge in [-0.2, -0.15) is 0 Å². The van der Waals surface area contributed by atoms with Gasteiger partial charge in [-0.05, 0) is 56.4 Å². The Balaban J connectivity index is 1.16. The third-order valence-electron chi connectivity index (χ3n) is 6.42. The Morgan fingerprint density at radius 3 is 2.19 bits per heavy atom. The van der Waals surface area contributed by atoms with Crippen molar-refractivity contribution in [2.24, 2.45) is 5.92 Å². The van der Waals surface area contributed by atoms with Crippen LogP contribution in [0.3, 0.4) is 0 Å². The number of amides is 1. The number of carbonyl (C=O) groups is 1. The van der Waals surface area contributed by atoms with Gasteiger partial charge in [0.2, 0.25) is 5.91 Å². The molecule has 1 N–H and O–H groups in total. The summed E-state index contributed by atoms with van der Waals surface area (Å²) in [5.41, 5.74) is 1.21. The standard InChI is InChI=1S/C24H34N6O/c1-28(21-8-3-2-4-9-21)15-7-14-25-24(31)20-12-18-30(19-13-20)23-11-10-22(26-27-23)29-16-5-6-17-29/h2-4,8-11,20H,5-7,12-19H2,1H3,(H,25,31). The molecular weight excluding hydrogens is 388 g/mol. The largest absolute Gasteiger partial charge is 0.375 e. The molecule has 1 aromatic carbocycles. The predicted molar refractivity (Wildman–Crippen MR) is 126 cm³/mol. The van der Waals surface area contributed by atoms with E-state index >= 15 is 0 Å². The van der Waals surface area contributed by atoms with Gasteiger partial charge < -0.3 is 20.0 Å². The molecule has 2 fully saturated rings. The molecule has 7 heteroatoms. The minimum Gasteiger partial charge on any atom is -0.375 e. The molecule has 0 aliphatic carbocycles. The maximum atomic E-state index is 12.6. The first-order valence-electron chi connectivity index (χ1n) is 11.6. The maximum absolute atomic E-state index is 12.6. The summed E-state index contributed by atoms with van der Waals surface area (Å²) in [6.07, 6.45) is 5.15. The van der Waals surface area contributed by atoms with Crippen LogP contribution in [0, 0.1) is 5.92 Å². The molecule has 2 aromatic rings. The number of aromatic nitrogens is 2. The number of anilines is 3.